The molecule has 3 aliphatic rings. The number of amides is 1. The standard InChI is InChI=1S/C27H30N2O2/c1-2-15-28-16-11-27(12-17-28)13-18-29(19-14-27)26(30)31-20-25-23-9-5-3-7-21(23)22-8-4-6-10-24(22)25/h1,3-10,25H,11-20H2. The summed E-state index contributed by atoms with van der Waals surface area (Å²) in [5.41, 5.74) is 5.41. The number of carbonyl (C=O) groups excluding carboxylic acids is 1. The van der Waals surface area contributed by atoms with Crippen LogP contribution in [0.1, 0.15) is 42.7 Å². The largest absolute Gasteiger partial charge is 0.448 e. The number of hydrogen-bond donors (Lipinski definition) is 0. The summed E-state index contributed by atoms with van der Waals surface area (Å²) in [6, 6.07) is 16.9. The first-order valence-corrected chi connectivity index (χ1v) is 11.4. The highest BCUT2D eigenvalue weighted by Crippen LogP contribution is 2.45. The predicted molar refractivity (Wildman–Crippen MR) is 123 cm³/mol. The highest BCUT2D eigenvalue weighted by atomic mass is 16.6. The summed E-state index contributed by atoms with van der Waals surface area (Å²) < 4.78 is 5.86. The molecule has 0 N–H and O–H groups in total. The number of piperidine rings is 2. The lowest BCUT2D eigenvalue weighted by atomic mass is 9.71. The zero-order chi connectivity index (χ0) is 21.3. The van der Waals surface area contributed by atoms with E-state index < -0.39 is 0 Å². The van der Waals surface area contributed by atoms with Crippen molar-refractivity contribution in [1.82, 2.24) is 9.80 Å². The van der Waals surface area contributed by atoms with Crippen molar-refractivity contribution in [3.63, 3.8) is 0 Å². The molecule has 31 heavy (non-hydrogen) atoms. The summed E-state index contributed by atoms with van der Waals surface area (Å²) in [7, 11) is 0. The highest BCUT2D eigenvalue weighted by Gasteiger charge is 2.39. The van der Waals surface area contributed by atoms with E-state index in [1.165, 1.54) is 35.1 Å². The summed E-state index contributed by atoms with van der Waals surface area (Å²) in [5.74, 6) is 2.88. The Labute approximate surface area is 185 Å². The molecule has 1 spiro atoms. The number of nitrogens with zero attached hydrogens (tertiary/aromatic N) is 2. The Bertz CT molecular complexity index is 945. The van der Waals surface area contributed by atoms with Crippen LogP contribution >= 0.6 is 0 Å². The van der Waals surface area contributed by atoms with Gasteiger partial charge in [-0.2, -0.15) is 0 Å². The van der Waals surface area contributed by atoms with Crippen molar-refractivity contribution in [2.45, 2.75) is 31.6 Å². The summed E-state index contributed by atoms with van der Waals surface area (Å²) in [4.78, 5) is 17.1. The fourth-order valence-corrected chi connectivity index (χ4v) is 5.66. The van der Waals surface area contributed by atoms with E-state index in [-0.39, 0.29) is 12.0 Å². The molecule has 2 saturated heterocycles. The number of carbonyl (C=O) groups is 1. The first-order valence-electron chi connectivity index (χ1n) is 11.4. The maximum atomic E-state index is 12.9. The maximum Gasteiger partial charge on any atom is 0.409 e. The van der Waals surface area contributed by atoms with Gasteiger partial charge < -0.3 is 9.64 Å². The molecule has 160 valence electrons. The summed E-state index contributed by atoms with van der Waals surface area (Å²) in [6.45, 7) is 4.90. The van der Waals surface area contributed by atoms with Crippen molar-refractivity contribution < 1.29 is 9.53 Å². The fraction of sp³-hybridized carbons (Fsp3) is 0.444. The second kappa shape index (κ2) is 8.40. The Morgan fingerprint density at radius 2 is 1.48 bits per heavy atom. The van der Waals surface area contributed by atoms with Crippen molar-refractivity contribution in [1.29, 1.82) is 0 Å². The van der Waals surface area contributed by atoms with Gasteiger partial charge in [-0.3, -0.25) is 4.90 Å². The molecule has 2 heterocycles. The van der Waals surface area contributed by atoms with E-state index in [2.05, 4.69) is 59.4 Å². The van der Waals surface area contributed by atoms with Gasteiger partial charge in [0.2, 0.25) is 0 Å². The van der Waals surface area contributed by atoms with Crippen LogP contribution < -0.4 is 0 Å². The third-order valence-corrected chi connectivity index (χ3v) is 7.65. The lowest BCUT2D eigenvalue weighted by molar-refractivity contribution is 0.0302. The lowest BCUT2D eigenvalue weighted by Crippen LogP contribution is -2.48. The molecular weight excluding hydrogens is 384 g/mol. The van der Waals surface area contributed by atoms with Gasteiger partial charge in [0, 0.05) is 19.0 Å². The third-order valence-electron chi connectivity index (χ3n) is 7.65. The Kier molecular flexibility index (Phi) is 5.46. The number of benzene rings is 2. The van der Waals surface area contributed by atoms with Crippen molar-refractivity contribution >= 4 is 6.09 Å². The van der Waals surface area contributed by atoms with E-state index in [0.29, 0.717) is 12.0 Å². The SMILES string of the molecule is C#CCN1CCC2(CC1)CCN(C(=O)OCC1c3ccccc3-c3ccccc31)CC2. The third kappa shape index (κ3) is 3.83. The second-order valence-electron chi connectivity index (χ2n) is 9.27. The van der Waals surface area contributed by atoms with Gasteiger partial charge in [0.05, 0.1) is 6.54 Å². The average Bonchev–Trinajstić information content (AvgIpc) is 3.14. The van der Waals surface area contributed by atoms with Crippen LogP contribution in [0.3, 0.4) is 0 Å². The molecule has 0 radical (unpaired) electrons. The molecule has 0 aromatic heterocycles. The van der Waals surface area contributed by atoms with Crippen LogP contribution in [0.15, 0.2) is 48.5 Å². The molecule has 1 aliphatic carbocycles. The smallest absolute Gasteiger partial charge is 0.409 e. The van der Waals surface area contributed by atoms with E-state index in [9.17, 15) is 4.79 Å². The van der Waals surface area contributed by atoms with Gasteiger partial charge in [-0.05, 0) is 66.4 Å². The van der Waals surface area contributed by atoms with E-state index >= 15 is 0 Å². The molecule has 2 aromatic carbocycles. The van der Waals surface area contributed by atoms with Crippen LogP contribution in [0.5, 0.6) is 0 Å². The second-order valence-corrected chi connectivity index (χ2v) is 9.27. The molecule has 1 amide bonds. The van der Waals surface area contributed by atoms with Crippen molar-refractivity contribution in [2.24, 2.45) is 5.41 Å². The fourth-order valence-electron chi connectivity index (χ4n) is 5.66. The minimum absolute atomic E-state index is 0.118. The molecule has 0 saturated carbocycles. The number of hydrogen-bond acceptors (Lipinski definition) is 3. The molecule has 0 bridgehead atoms. The van der Waals surface area contributed by atoms with E-state index in [1.807, 2.05) is 4.90 Å². The van der Waals surface area contributed by atoms with Crippen LogP contribution in [-0.2, 0) is 4.74 Å². The number of ether oxygens (including phenoxy) is 1. The van der Waals surface area contributed by atoms with Crippen LogP contribution in [-0.4, -0.2) is 55.2 Å². The van der Waals surface area contributed by atoms with Crippen LogP contribution in [0.4, 0.5) is 4.79 Å². The first-order chi connectivity index (χ1) is 15.2. The molecule has 4 heteroatoms. The Balaban J connectivity index is 1.18. The summed E-state index contributed by atoms with van der Waals surface area (Å²) in [5, 5.41) is 0. The summed E-state index contributed by atoms with van der Waals surface area (Å²) >= 11 is 0. The van der Waals surface area contributed by atoms with E-state index in [4.69, 9.17) is 11.2 Å². The topological polar surface area (TPSA) is 32.8 Å². The number of fused-ring (bicyclic) bond motifs is 3. The molecule has 4 nitrogen and oxygen atoms in total. The Morgan fingerprint density at radius 3 is 2.06 bits per heavy atom. The molecule has 0 unspecified atom stereocenters. The molecule has 2 aromatic rings. The van der Waals surface area contributed by atoms with Crippen molar-refractivity contribution in [3.8, 4) is 23.5 Å². The van der Waals surface area contributed by atoms with Crippen LogP contribution in [0.2, 0.25) is 0 Å². The minimum atomic E-state index is -0.165. The van der Waals surface area contributed by atoms with Crippen molar-refractivity contribution in [2.75, 3.05) is 39.3 Å². The molecule has 0 atom stereocenters. The van der Waals surface area contributed by atoms with Gasteiger partial charge in [-0.1, -0.05) is 54.5 Å². The quantitative estimate of drug-likeness (QED) is 0.680. The predicted octanol–water partition coefficient (Wildman–Crippen LogP) is 4.75. The maximum absolute atomic E-state index is 12.9. The van der Waals surface area contributed by atoms with Crippen LogP contribution in [0.25, 0.3) is 11.1 Å². The van der Waals surface area contributed by atoms with Gasteiger partial charge >= 0.3 is 6.09 Å². The molecule has 5 rings (SSSR count). The van der Waals surface area contributed by atoms with E-state index in [0.717, 1.165) is 45.6 Å². The zero-order valence-electron chi connectivity index (χ0n) is 18.1. The molecular formula is C27H30N2O2. The first kappa shape index (κ1) is 20.2. The number of likely N-dealkylation sites (tertiary alicyclic amines) is 2. The van der Waals surface area contributed by atoms with E-state index in [1.54, 1.807) is 0 Å². The molecule has 2 aliphatic heterocycles. The highest BCUT2D eigenvalue weighted by molar-refractivity contribution is 5.79. The monoisotopic (exact) mass is 414 g/mol. The van der Waals surface area contributed by atoms with Crippen LogP contribution in [0, 0.1) is 17.8 Å². The van der Waals surface area contributed by atoms with Gasteiger partial charge in [-0.25, -0.2) is 4.79 Å². The summed E-state index contributed by atoms with van der Waals surface area (Å²) in [6.07, 6.45) is 9.81. The van der Waals surface area contributed by atoms with Gasteiger partial charge in [0.15, 0.2) is 0 Å². The minimum Gasteiger partial charge on any atom is -0.448 e. The molecule has 2 fully saturated rings. The zero-order valence-corrected chi connectivity index (χ0v) is 18.1. The number of terminal acetylenes is 1. The normalized spacial score (nSPS) is 20.2. The lowest BCUT2D eigenvalue weighted by Gasteiger charge is -2.46. The number of rotatable bonds is 3. The Morgan fingerprint density at radius 1 is 0.935 bits per heavy atom. The van der Waals surface area contributed by atoms with Crippen molar-refractivity contribution in [3.05, 3.63) is 59.7 Å². The van der Waals surface area contributed by atoms with Gasteiger partial charge in [0.25, 0.3) is 0 Å². The van der Waals surface area contributed by atoms with Gasteiger partial charge in [-0.15, -0.1) is 6.42 Å². The Hall–Kier alpha value is -2.77. The van der Waals surface area contributed by atoms with Gasteiger partial charge in [0.1, 0.15) is 6.61 Å². The average molecular weight is 415 g/mol.